The molecule has 0 radical (unpaired) electrons. The summed E-state index contributed by atoms with van der Waals surface area (Å²) in [6.45, 7) is 12.1. The summed E-state index contributed by atoms with van der Waals surface area (Å²) in [5.41, 5.74) is 4.04. The minimum Gasteiger partial charge on any atom is -0.380 e. The first-order valence-corrected chi connectivity index (χ1v) is 6.42. The van der Waals surface area contributed by atoms with E-state index < -0.39 is 0 Å². The lowest BCUT2D eigenvalue weighted by molar-refractivity contribution is 0.111. The average Bonchev–Trinajstić information content (AvgIpc) is 2.51. The summed E-state index contributed by atoms with van der Waals surface area (Å²) >= 11 is 0. The monoisotopic (exact) mass is 238 g/mol. The zero-order chi connectivity index (χ0) is 12.8. The highest BCUT2D eigenvalue weighted by molar-refractivity contribution is 5.26. The van der Waals surface area contributed by atoms with Crippen molar-refractivity contribution in [3.8, 4) is 0 Å². The first-order chi connectivity index (χ1) is 8.02. The normalized spacial score (nSPS) is 11.4. The summed E-state index contributed by atoms with van der Waals surface area (Å²) in [5.74, 6) is 0.619. The van der Waals surface area contributed by atoms with Gasteiger partial charge in [0, 0.05) is 38.1 Å². The third-order valence-corrected chi connectivity index (χ3v) is 3.07. The molecule has 1 rings (SSSR count). The maximum atomic E-state index is 5.52. The van der Waals surface area contributed by atoms with Gasteiger partial charge in [0.1, 0.15) is 0 Å². The van der Waals surface area contributed by atoms with Crippen molar-refractivity contribution in [2.45, 2.75) is 34.2 Å². The molecule has 0 unspecified atom stereocenters. The number of aromatic nitrogens is 1. The van der Waals surface area contributed by atoms with E-state index >= 15 is 0 Å². The quantitative estimate of drug-likeness (QED) is 0.738. The molecule has 0 bridgehead atoms. The molecule has 0 spiro atoms. The van der Waals surface area contributed by atoms with Crippen molar-refractivity contribution in [2.24, 2.45) is 13.0 Å². The molecule has 0 fully saturated rings. The van der Waals surface area contributed by atoms with Crippen LogP contribution in [0.5, 0.6) is 0 Å². The standard InChI is InChI=1S/C14H26N2O/c1-11(2)10-17-7-6-15-9-14-8-12(3)16(5)13(14)4/h8,11,15H,6-7,9-10H2,1-5H3. The van der Waals surface area contributed by atoms with Gasteiger partial charge in [0.2, 0.25) is 0 Å². The Balaban J connectivity index is 2.20. The topological polar surface area (TPSA) is 26.2 Å². The molecule has 17 heavy (non-hydrogen) atoms. The van der Waals surface area contributed by atoms with Crippen LogP contribution < -0.4 is 5.32 Å². The molecule has 1 aromatic heterocycles. The summed E-state index contributed by atoms with van der Waals surface area (Å²) in [4.78, 5) is 0. The number of nitrogens with zero attached hydrogens (tertiary/aromatic N) is 1. The van der Waals surface area contributed by atoms with E-state index in [0.29, 0.717) is 5.92 Å². The van der Waals surface area contributed by atoms with Crippen molar-refractivity contribution < 1.29 is 4.74 Å². The second-order valence-electron chi connectivity index (χ2n) is 5.10. The van der Waals surface area contributed by atoms with Crippen LogP contribution in [-0.2, 0) is 18.3 Å². The molecule has 0 aliphatic rings. The lowest BCUT2D eigenvalue weighted by Gasteiger charge is -2.08. The van der Waals surface area contributed by atoms with Crippen LogP contribution in [0.3, 0.4) is 0 Å². The Morgan fingerprint density at radius 3 is 2.59 bits per heavy atom. The van der Waals surface area contributed by atoms with E-state index in [1.165, 1.54) is 17.0 Å². The van der Waals surface area contributed by atoms with Crippen molar-refractivity contribution in [3.05, 3.63) is 23.0 Å². The highest BCUT2D eigenvalue weighted by Gasteiger charge is 2.04. The van der Waals surface area contributed by atoms with Crippen LogP contribution in [0.25, 0.3) is 0 Å². The van der Waals surface area contributed by atoms with E-state index in [2.05, 4.69) is 50.7 Å². The van der Waals surface area contributed by atoms with Crippen LogP contribution in [-0.4, -0.2) is 24.3 Å². The number of ether oxygens (including phenoxy) is 1. The molecule has 0 aliphatic heterocycles. The molecule has 0 aromatic carbocycles. The SMILES string of the molecule is Cc1cc(CNCCOCC(C)C)c(C)n1C. The summed E-state index contributed by atoms with van der Waals surface area (Å²) in [5, 5.41) is 3.42. The Morgan fingerprint density at radius 2 is 2.06 bits per heavy atom. The predicted molar refractivity (Wildman–Crippen MR) is 72.3 cm³/mol. The highest BCUT2D eigenvalue weighted by Crippen LogP contribution is 2.12. The van der Waals surface area contributed by atoms with Gasteiger partial charge in [0.15, 0.2) is 0 Å². The average molecular weight is 238 g/mol. The first kappa shape index (κ1) is 14.3. The van der Waals surface area contributed by atoms with E-state index in [4.69, 9.17) is 4.74 Å². The molecular formula is C14H26N2O. The van der Waals surface area contributed by atoms with Crippen LogP contribution in [0.4, 0.5) is 0 Å². The van der Waals surface area contributed by atoms with Crippen LogP contribution >= 0.6 is 0 Å². The van der Waals surface area contributed by atoms with Crippen LogP contribution in [0.2, 0.25) is 0 Å². The van der Waals surface area contributed by atoms with Gasteiger partial charge in [-0.1, -0.05) is 13.8 Å². The number of rotatable bonds is 7. The highest BCUT2D eigenvalue weighted by atomic mass is 16.5. The Kier molecular flexibility index (Phi) is 5.72. The molecule has 3 nitrogen and oxygen atoms in total. The van der Waals surface area contributed by atoms with Gasteiger partial charge in [-0.3, -0.25) is 0 Å². The van der Waals surface area contributed by atoms with Crippen molar-refractivity contribution in [1.29, 1.82) is 0 Å². The zero-order valence-corrected chi connectivity index (χ0v) is 11.8. The maximum absolute atomic E-state index is 5.52. The van der Waals surface area contributed by atoms with Crippen molar-refractivity contribution in [2.75, 3.05) is 19.8 Å². The van der Waals surface area contributed by atoms with Crippen LogP contribution in [0.15, 0.2) is 6.07 Å². The zero-order valence-electron chi connectivity index (χ0n) is 11.8. The molecule has 0 saturated carbocycles. The molecule has 0 aliphatic carbocycles. The fourth-order valence-electron chi connectivity index (χ4n) is 1.80. The van der Waals surface area contributed by atoms with Gasteiger partial charge in [-0.05, 0) is 31.4 Å². The molecule has 1 N–H and O–H groups in total. The van der Waals surface area contributed by atoms with Crippen LogP contribution in [0, 0.1) is 19.8 Å². The molecule has 98 valence electrons. The number of hydrogen-bond donors (Lipinski definition) is 1. The van der Waals surface area contributed by atoms with E-state index in [0.717, 1.165) is 26.3 Å². The fraction of sp³-hybridized carbons (Fsp3) is 0.714. The van der Waals surface area contributed by atoms with Gasteiger partial charge >= 0.3 is 0 Å². The summed E-state index contributed by atoms with van der Waals surface area (Å²) in [7, 11) is 2.11. The van der Waals surface area contributed by atoms with E-state index in [1.54, 1.807) is 0 Å². The van der Waals surface area contributed by atoms with Crippen molar-refractivity contribution in [1.82, 2.24) is 9.88 Å². The van der Waals surface area contributed by atoms with Gasteiger partial charge in [-0.2, -0.15) is 0 Å². The van der Waals surface area contributed by atoms with E-state index in [1.807, 2.05) is 0 Å². The molecule has 1 aromatic rings. The molecule has 0 amide bonds. The molecule has 1 heterocycles. The maximum Gasteiger partial charge on any atom is 0.0591 e. The van der Waals surface area contributed by atoms with Gasteiger partial charge in [-0.25, -0.2) is 0 Å². The smallest absolute Gasteiger partial charge is 0.0591 e. The van der Waals surface area contributed by atoms with Gasteiger partial charge in [0.25, 0.3) is 0 Å². The largest absolute Gasteiger partial charge is 0.380 e. The Hall–Kier alpha value is -0.800. The fourth-order valence-corrected chi connectivity index (χ4v) is 1.80. The number of hydrogen-bond acceptors (Lipinski definition) is 2. The lowest BCUT2D eigenvalue weighted by Crippen LogP contribution is -2.20. The minimum absolute atomic E-state index is 0.619. The lowest BCUT2D eigenvalue weighted by atomic mass is 10.2. The summed E-state index contributed by atoms with van der Waals surface area (Å²) in [6.07, 6.45) is 0. The third-order valence-electron chi connectivity index (χ3n) is 3.07. The predicted octanol–water partition coefficient (Wildman–Crippen LogP) is 2.40. The van der Waals surface area contributed by atoms with Crippen LogP contribution in [0.1, 0.15) is 30.8 Å². The number of aryl methyl sites for hydroxylation is 1. The first-order valence-electron chi connectivity index (χ1n) is 6.42. The molecular weight excluding hydrogens is 212 g/mol. The van der Waals surface area contributed by atoms with Crippen molar-refractivity contribution >= 4 is 0 Å². The summed E-state index contributed by atoms with van der Waals surface area (Å²) < 4.78 is 7.75. The Bertz CT molecular complexity index is 342. The summed E-state index contributed by atoms with van der Waals surface area (Å²) in [6, 6.07) is 2.25. The minimum atomic E-state index is 0.619. The Morgan fingerprint density at radius 1 is 1.35 bits per heavy atom. The molecule has 3 heteroatoms. The molecule has 0 atom stereocenters. The second-order valence-corrected chi connectivity index (χ2v) is 5.10. The third kappa shape index (κ3) is 4.52. The van der Waals surface area contributed by atoms with Gasteiger partial charge in [0.05, 0.1) is 6.61 Å². The molecule has 0 saturated heterocycles. The number of nitrogens with one attached hydrogen (secondary N) is 1. The van der Waals surface area contributed by atoms with Gasteiger partial charge < -0.3 is 14.6 Å². The van der Waals surface area contributed by atoms with Gasteiger partial charge in [-0.15, -0.1) is 0 Å². The van der Waals surface area contributed by atoms with E-state index in [-0.39, 0.29) is 0 Å². The Labute approximate surface area is 105 Å². The second kappa shape index (κ2) is 6.82. The van der Waals surface area contributed by atoms with Crippen molar-refractivity contribution in [3.63, 3.8) is 0 Å². The van der Waals surface area contributed by atoms with E-state index in [9.17, 15) is 0 Å².